The van der Waals surface area contributed by atoms with Gasteiger partial charge in [0.25, 0.3) is 0 Å². The Morgan fingerprint density at radius 3 is 2.54 bits per heavy atom. The van der Waals surface area contributed by atoms with E-state index in [1.54, 1.807) is 0 Å². The Bertz CT molecular complexity index is 519. The quantitative estimate of drug-likeness (QED) is 0.380. The molecule has 0 aromatic heterocycles. The van der Waals surface area contributed by atoms with Crippen LogP contribution in [0.4, 0.5) is 0 Å². The molecule has 4 nitrogen and oxygen atoms in total. The van der Waals surface area contributed by atoms with E-state index in [1.165, 1.54) is 5.56 Å². The molecule has 0 aliphatic carbocycles. The van der Waals surface area contributed by atoms with Crippen LogP contribution in [0.2, 0.25) is 5.02 Å². The van der Waals surface area contributed by atoms with Crippen LogP contribution in [-0.4, -0.2) is 38.8 Å². The summed E-state index contributed by atoms with van der Waals surface area (Å²) in [5.74, 6) is 0.882. The molecule has 0 amide bonds. The van der Waals surface area contributed by atoms with Gasteiger partial charge in [-0.15, -0.1) is 24.0 Å². The fourth-order valence-corrected chi connectivity index (χ4v) is 3.32. The predicted molar refractivity (Wildman–Crippen MR) is 113 cm³/mol. The molecular weight excluding hydrogens is 437 g/mol. The highest BCUT2D eigenvalue weighted by Crippen LogP contribution is 2.38. The van der Waals surface area contributed by atoms with Crippen molar-refractivity contribution in [2.45, 2.75) is 38.5 Å². The van der Waals surface area contributed by atoms with E-state index in [-0.39, 0.29) is 29.4 Å². The van der Waals surface area contributed by atoms with Gasteiger partial charge in [-0.2, -0.15) is 0 Å². The summed E-state index contributed by atoms with van der Waals surface area (Å²) in [6, 6.07) is 8.14. The predicted octanol–water partition coefficient (Wildman–Crippen LogP) is 3.97. The second kappa shape index (κ2) is 11.2. The van der Waals surface area contributed by atoms with Crippen LogP contribution in [0.1, 0.15) is 38.7 Å². The summed E-state index contributed by atoms with van der Waals surface area (Å²) >= 11 is 6.49. The van der Waals surface area contributed by atoms with Crippen molar-refractivity contribution in [3.05, 3.63) is 34.9 Å². The number of halogens is 2. The minimum atomic E-state index is -0.0365. The number of nitrogens with one attached hydrogen (secondary N) is 2. The number of benzene rings is 1. The maximum Gasteiger partial charge on any atom is 0.191 e. The van der Waals surface area contributed by atoms with Gasteiger partial charge in [0.1, 0.15) is 0 Å². The van der Waals surface area contributed by atoms with Gasteiger partial charge >= 0.3 is 0 Å². The van der Waals surface area contributed by atoms with E-state index in [9.17, 15) is 0 Å². The fourth-order valence-electron chi connectivity index (χ4n) is 2.98. The minimum absolute atomic E-state index is 0. The van der Waals surface area contributed by atoms with E-state index in [4.69, 9.17) is 21.3 Å². The van der Waals surface area contributed by atoms with Crippen molar-refractivity contribution < 1.29 is 4.74 Å². The van der Waals surface area contributed by atoms with Gasteiger partial charge in [-0.05, 0) is 37.8 Å². The third-order valence-corrected chi connectivity index (χ3v) is 4.65. The van der Waals surface area contributed by atoms with Gasteiger partial charge in [-0.1, -0.05) is 36.7 Å². The third-order valence-electron chi connectivity index (χ3n) is 4.32. The summed E-state index contributed by atoms with van der Waals surface area (Å²) in [5, 5.41) is 7.51. The van der Waals surface area contributed by atoms with Gasteiger partial charge < -0.3 is 15.4 Å². The number of aliphatic imine (C=N–C) groups is 1. The van der Waals surface area contributed by atoms with E-state index in [0.717, 1.165) is 63.1 Å². The molecule has 1 aromatic rings. The lowest BCUT2D eigenvalue weighted by Crippen LogP contribution is -2.41. The third kappa shape index (κ3) is 5.77. The monoisotopic (exact) mass is 465 g/mol. The number of rotatable bonds is 6. The van der Waals surface area contributed by atoms with Crippen LogP contribution in [0.15, 0.2) is 29.3 Å². The largest absolute Gasteiger partial charge is 0.381 e. The first kappa shape index (κ1) is 21.5. The Balaban J connectivity index is 0.00000288. The molecule has 0 bridgehead atoms. The maximum atomic E-state index is 6.49. The minimum Gasteiger partial charge on any atom is -0.381 e. The van der Waals surface area contributed by atoms with E-state index >= 15 is 0 Å². The lowest BCUT2D eigenvalue weighted by atomic mass is 9.74. The van der Waals surface area contributed by atoms with Crippen molar-refractivity contribution in [1.29, 1.82) is 0 Å². The number of ether oxygens (including phenoxy) is 1. The Hall–Kier alpha value is -0.530. The molecule has 0 spiro atoms. The molecule has 0 radical (unpaired) electrons. The van der Waals surface area contributed by atoms with Crippen LogP contribution in [-0.2, 0) is 10.2 Å². The molecule has 6 heteroatoms. The molecule has 24 heavy (non-hydrogen) atoms. The van der Waals surface area contributed by atoms with Crippen LogP contribution >= 0.6 is 35.6 Å². The number of guanidine groups is 1. The standard InChI is InChI=1S/C18H28ClN3O.HI/c1-3-11-21-17(20-4-2)22-14-18(9-12-23-13-10-18)15-7-5-6-8-16(15)19;/h5-8H,3-4,9-14H2,1-2H3,(H2,20,21,22);1H. The first-order valence-corrected chi connectivity index (χ1v) is 8.94. The SMILES string of the molecule is CCCNC(=NCC1(c2ccccc2Cl)CCOCC1)NCC.I. The summed E-state index contributed by atoms with van der Waals surface area (Å²) < 4.78 is 5.58. The smallest absolute Gasteiger partial charge is 0.191 e. The Morgan fingerprint density at radius 2 is 1.92 bits per heavy atom. The highest BCUT2D eigenvalue weighted by atomic mass is 127. The summed E-state index contributed by atoms with van der Waals surface area (Å²) in [4.78, 5) is 4.84. The average molecular weight is 466 g/mol. The summed E-state index contributed by atoms with van der Waals surface area (Å²) in [7, 11) is 0. The van der Waals surface area contributed by atoms with Crippen molar-refractivity contribution in [2.24, 2.45) is 4.99 Å². The van der Waals surface area contributed by atoms with Crippen LogP contribution in [0.3, 0.4) is 0 Å². The maximum absolute atomic E-state index is 6.49. The molecule has 2 rings (SSSR count). The molecule has 1 heterocycles. The molecule has 0 atom stereocenters. The molecule has 0 unspecified atom stereocenters. The van der Waals surface area contributed by atoms with Gasteiger partial charge in [0.05, 0.1) is 6.54 Å². The average Bonchev–Trinajstić information content (AvgIpc) is 2.58. The summed E-state index contributed by atoms with van der Waals surface area (Å²) in [6.07, 6.45) is 2.98. The lowest BCUT2D eigenvalue weighted by molar-refractivity contribution is 0.0531. The zero-order valence-electron chi connectivity index (χ0n) is 14.6. The van der Waals surface area contributed by atoms with Crippen LogP contribution < -0.4 is 10.6 Å². The molecule has 0 saturated carbocycles. The van der Waals surface area contributed by atoms with E-state index in [1.807, 2.05) is 12.1 Å². The first-order chi connectivity index (χ1) is 11.2. The van der Waals surface area contributed by atoms with Gasteiger partial charge in [-0.25, -0.2) is 0 Å². The summed E-state index contributed by atoms with van der Waals surface area (Å²) in [5.41, 5.74) is 1.16. The fraction of sp³-hybridized carbons (Fsp3) is 0.611. The van der Waals surface area contributed by atoms with Crippen molar-refractivity contribution >= 4 is 41.5 Å². The molecule has 2 N–H and O–H groups in total. The number of nitrogens with zero attached hydrogens (tertiary/aromatic N) is 1. The molecular formula is C18H29ClIN3O. The lowest BCUT2D eigenvalue weighted by Gasteiger charge is -2.37. The molecule has 1 aliphatic heterocycles. The van der Waals surface area contributed by atoms with E-state index < -0.39 is 0 Å². The van der Waals surface area contributed by atoms with Gasteiger partial charge in [0, 0.05) is 36.7 Å². The van der Waals surface area contributed by atoms with Crippen molar-refractivity contribution in [3.8, 4) is 0 Å². The van der Waals surface area contributed by atoms with Crippen LogP contribution in [0.25, 0.3) is 0 Å². The highest BCUT2D eigenvalue weighted by Gasteiger charge is 2.36. The zero-order chi connectivity index (χ0) is 16.5. The van der Waals surface area contributed by atoms with Gasteiger partial charge in [0.15, 0.2) is 5.96 Å². The van der Waals surface area contributed by atoms with Crippen LogP contribution in [0.5, 0.6) is 0 Å². The molecule has 1 fully saturated rings. The Labute approximate surface area is 167 Å². The van der Waals surface area contributed by atoms with E-state index in [0.29, 0.717) is 0 Å². The normalized spacial score (nSPS) is 17.0. The topological polar surface area (TPSA) is 45.7 Å². The van der Waals surface area contributed by atoms with Gasteiger partial charge in [-0.3, -0.25) is 4.99 Å². The number of hydrogen-bond acceptors (Lipinski definition) is 2. The first-order valence-electron chi connectivity index (χ1n) is 8.57. The number of hydrogen-bond donors (Lipinski definition) is 2. The molecule has 1 aromatic carbocycles. The second-order valence-corrected chi connectivity index (χ2v) is 6.40. The summed E-state index contributed by atoms with van der Waals surface area (Å²) in [6.45, 7) is 8.27. The Morgan fingerprint density at radius 1 is 1.21 bits per heavy atom. The molecule has 1 saturated heterocycles. The van der Waals surface area contributed by atoms with Crippen LogP contribution in [0, 0.1) is 0 Å². The Kier molecular flexibility index (Phi) is 10.0. The second-order valence-electron chi connectivity index (χ2n) is 5.99. The van der Waals surface area contributed by atoms with E-state index in [2.05, 4.69) is 36.6 Å². The highest BCUT2D eigenvalue weighted by molar-refractivity contribution is 14.0. The molecule has 1 aliphatic rings. The zero-order valence-corrected chi connectivity index (χ0v) is 17.7. The van der Waals surface area contributed by atoms with Gasteiger partial charge in [0.2, 0.25) is 0 Å². The van der Waals surface area contributed by atoms with Crippen molar-refractivity contribution in [3.63, 3.8) is 0 Å². The van der Waals surface area contributed by atoms with Crippen molar-refractivity contribution in [2.75, 3.05) is 32.8 Å². The molecule has 136 valence electrons. The van der Waals surface area contributed by atoms with Crippen molar-refractivity contribution in [1.82, 2.24) is 10.6 Å².